The third-order valence-corrected chi connectivity index (χ3v) is 4.15. The molecule has 3 heteroatoms. The predicted octanol–water partition coefficient (Wildman–Crippen LogP) is 4.20. The molecule has 0 fully saturated rings. The number of hydrogen-bond donors (Lipinski definition) is 0. The number of rotatable bonds is 1. The highest BCUT2D eigenvalue weighted by molar-refractivity contribution is 6.14. The number of aryl methyl sites for hydroxylation is 1. The lowest BCUT2D eigenvalue weighted by Gasteiger charge is -2.20. The van der Waals surface area contributed by atoms with Gasteiger partial charge in [0.15, 0.2) is 5.78 Å². The zero-order valence-electron chi connectivity index (χ0n) is 12.7. The van der Waals surface area contributed by atoms with E-state index in [2.05, 4.69) is 4.98 Å². The lowest BCUT2D eigenvalue weighted by atomic mass is 9.96. The standard InChI is InChI=1S/C20H15NO2/c1-13-5-4-8-18-19(22)16(12-23-20(13)18)9-15-11-21-10-14-6-2-3-7-17(14)15/h2-11H,12H2,1H3/b16-9-. The smallest absolute Gasteiger partial charge is 0.196 e. The SMILES string of the molecule is Cc1cccc2c1OC/C(=C/c1cncc3ccccc13)C2=O. The number of aromatic nitrogens is 1. The van der Waals surface area contributed by atoms with Gasteiger partial charge in [0.2, 0.25) is 0 Å². The summed E-state index contributed by atoms with van der Waals surface area (Å²) in [6.45, 7) is 2.25. The molecule has 1 aliphatic heterocycles. The molecule has 0 atom stereocenters. The van der Waals surface area contributed by atoms with E-state index >= 15 is 0 Å². The Labute approximate surface area is 134 Å². The highest BCUT2D eigenvalue weighted by Gasteiger charge is 2.24. The van der Waals surface area contributed by atoms with Crippen LogP contribution in [-0.4, -0.2) is 17.4 Å². The second kappa shape index (κ2) is 5.36. The first kappa shape index (κ1) is 13.7. The molecule has 3 aromatic rings. The van der Waals surface area contributed by atoms with Crippen molar-refractivity contribution in [1.82, 2.24) is 4.98 Å². The highest BCUT2D eigenvalue weighted by atomic mass is 16.5. The van der Waals surface area contributed by atoms with Gasteiger partial charge in [0, 0.05) is 28.9 Å². The van der Waals surface area contributed by atoms with Gasteiger partial charge < -0.3 is 4.74 Å². The molecule has 1 aromatic heterocycles. The van der Waals surface area contributed by atoms with Crippen LogP contribution in [0.1, 0.15) is 21.5 Å². The Bertz CT molecular complexity index is 952. The zero-order chi connectivity index (χ0) is 15.8. The van der Waals surface area contributed by atoms with Gasteiger partial charge in [-0.1, -0.05) is 36.4 Å². The number of carbonyl (C=O) groups excluding carboxylic acids is 1. The lowest BCUT2D eigenvalue weighted by molar-refractivity contribution is 0.100. The van der Waals surface area contributed by atoms with E-state index in [4.69, 9.17) is 4.74 Å². The molecule has 0 bridgehead atoms. The van der Waals surface area contributed by atoms with Crippen molar-refractivity contribution in [2.24, 2.45) is 0 Å². The van der Waals surface area contributed by atoms with Crippen LogP contribution in [0.2, 0.25) is 0 Å². The molecule has 0 aliphatic carbocycles. The van der Waals surface area contributed by atoms with Crippen LogP contribution in [0.4, 0.5) is 0 Å². The monoisotopic (exact) mass is 301 g/mol. The number of hydrogen-bond acceptors (Lipinski definition) is 3. The summed E-state index contributed by atoms with van der Waals surface area (Å²) in [6, 6.07) is 13.7. The molecule has 0 spiro atoms. The van der Waals surface area contributed by atoms with Gasteiger partial charge in [-0.3, -0.25) is 9.78 Å². The summed E-state index contributed by atoms with van der Waals surface area (Å²) in [5.41, 5.74) is 3.21. The molecule has 2 aromatic carbocycles. The number of nitrogens with zero attached hydrogens (tertiary/aromatic N) is 1. The Kier molecular flexibility index (Phi) is 3.19. The minimum absolute atomic E-state index is 0.0304. The number of Topliss-reactive ketones (excluding diaryl/α,β-unsaturated/α-hetero) is 1. The summed E-state index contributed by atoms with van der Waals surface area (Å²) in [7, 11) is 0. The Hall–Kier alpha value is -2.94. The molecule has 0 amide bonds. The second-order valence-corrected chi connectivity index (χ2v) is 5.69. The Balaban J connectivity index is 1.82. The lowest BCUT2D eigenvalue weighted by Crippen LogP contribution is -2.19. The summed E-state index contributed by atoms with van der Waals surface area (Å²) >= 11 is 0. The number of fused-ring (bicyclic) bond motifs is 2. The van der Waals surface area contributed by atoms with E-state index in [0.29, 0.717) is 23.5 Å². The number of para-hydroxylation sites is 1. The molecular formula is C20H15NO2. The molecule has 3 nitrogen and oxygen atoms in total. The zero-order valence-corrected chi connectivity index (χ0v) is 12.7. The maximum absolute atomic E-state index is 12.7. The number of carbonyl (C=O) groups is 1. The van der Waals surface area contributed by atoms with E-state index < -0.39 is 0 Å². The largest absolute Gasteiger partial charge is 0.488 e. The van der Waals surface area contributed by atoms with Crippen molar-refractivity contribution in [3.05, 3.63) is 77.1 Å². The van der Waals surface area contributed by atoms with Gasteiger partial charge in [0.1, 0.15) is 12.4 Å². The Morgan fingerprint density at radius 3 is 2.87 bits per heavy atom. The molecule has 1 aliphatic rings. The molecule has 0 N–H and O–H groups in total. The Morgan fingerprint density at radius 1 is 1.09 bits per heavy atom. The fraction of sp³-hybridized carbons (Fsp3) is 0.100. The van der Waals surface area contributed by atoms with Crippen LogP contribution in [0.15, 0.2) is 60.4 Å². The van der Waals surface area contributed by atoms with Crippen LogP contribution in [-0.2, 0) is 0 Å². The summed E-state index contributed by atoms with van der Waals surface area (Å²) in [4.78, 5) is 17.0. The third kappa shape index (κ3) is 2.30. The van der Waals surface area contributed by atoms with Crippen molar-refractivity contribution in [2.75, 3.05) is 6.61 Å². The molecule has 23 heavy (non-hydrogen) atoms. The van der Waals surface area contributed by atoms with E-state index in [9.17, 15) is 4.79 Å². The molecular weight excluding hydrogens is 286 g/mol. The molecule has 0 saturated heterocycles. The minimum atomic E-state index is 0.0304. The van der Waals surface area contributed by atoms with Crippen molar-refractivity contribution in [3.8, 4) is 5.75 Å². The van der Waals surface area contributed by atoms with E-state index in [1.54, 1.807) is 6.20 Å². The van der Waals surface area contributed by atoms with E-state index in [1.807, 2.05) is 61.7 Å². The summed E-state index contributed by atoms with van der Waals surface area (Å²) in [6.07, 6.45) is 5.51. The van der Waals surface area contributed by atoms with Gasteiger partial charge in [-0.2, -0.15) is 0 Å². The van der Waals surface area contributed by atoms with Crippen LogP contribution >= 0.6 is 0 Å². The third-order valence-electron chi connectivity index (χ3n) is 4.15. The summed E-state index contributed by atoms with van der Waals surface area (Å²) < 4.78 is 5.81. The van der Waals surface area contributed by atoms with Gasteiger partial charge in [0.25, 0.3) is 0 Å². The molecule has 2 heterocycles. The van der Waals surface area contributed by atoms with Crippen LogP contribution in [0.25, 0.3) is 16.8 Å². The number of ether oxygens (including phenoxy) is 1. The van der Waals surface area contributed by atoms with E-state index in [1.165, 1.54) is 0 Å². The number of ketones is 1. The Morgan fingerprint density at radius 2 is 1.96 bits per heavy atom. The van der Waals surface area contributed by atoms with Crippen LogP contribution in [0.5, 0.6) is 5.75 Å². The highest BCUT2D eigenvalue weighted by Crippen LogP contribution is 2.31. The van der Waals surface area contributed by atoms with E-state index in [0.717, 1.165) is 21.9 Å². The van der Waals surface area contributed by atoms with Crippen molar-refractivity contribution in [2.45, 2.75) is 6.92 Å². The van der Waals surface area contributed by atoms with Crippen molar-refractivity contribution in [1.29, 1.82) is 0 Å². The van der Waals surface area contributed by atoms with Crippen molar-refractivity contribution < 1.29 is 9.53 Å². The first-order valence-electron chi connectivity index (χ1n) is 7.54. The summed E-state index contributed by atoms with van der Waals surface area (Å²) in [5.74, 6) is 0.730. The fourth-order valence-corrected chi connectivity index (χ4v) is 2.96. The van der Waals surface area contributed by atoms with Gasteiger partial charge >= 0.3 is 0 Å². The molecule has 112 valence electrons. The van der Waals surface area contributed by atoms with Gasteiger partial charge in [-0.05, 0) is 30.0 Å². The topological polar surface area (TPSA) is 39.2 Å². The minimum Gasteiger partial charge on any atom is -0.488 e. The number of pyridine rings is 1. The van der Waals surface area contributed by atoms with E-state index in [-0.39, 0.29) is 5.78 Å². The van der Waals surface area contributed by atoms with Crippen molar-refractivity contribution in [3.63, 3.8) is 0 Å². The van der Waals surface area contributed by atoms with Crippen LogP contribution in [0.3, 0.4) is 0 Å². The first-order valence-corrected chi connectivity index (χ1v) is 7.54. The molecule has 0 radical (unpaired) electrons. The molecule has 0 unspecified atom stereocenters. The number of benzene rings is 2. The maximum atomic E-state index is 12.7. The predicted molar refractivity (Wildman–Crippen MR) is 90.7 cm³/mol. The fourth-order valence-electron chi connectivity index (χ4n) is 2.96. The molecule has 4 rings (SSSR count). The second-order valence-electron chi connectivity index (χ2n) is 5.69. The average molecular weight is 301 g/mol. The van der Waals surface area contributed by atoms with Crippen LogP contribution < -0.4 is 4.74 Å². The van der Waals surface area contributed by atoms with Crippen LogP contribution in [0, 0.1) is 6.92 Å². The first-order chi connectivity index (χ1) is 11.2. The quantitative estimate of drug-likeness (QED) is 0.632. The maximum Gasteiger partial charge on any atom is 0.196 e. The van der Waals surface area contributed by atoms with Crippen molar-refractivity contribution >= 4 is 22.6 Å². The normalized spacial score (nSPS) is 15.5. The summed E-state index contributed by atoms with van der Waals surface area (Å²) in [5, 5.41) is 2.14. The van der Waals surface area contributed by atoms with Gasteiger partial charge in [0.05, 0.1) is 5.56 Å². The van der Waals surface area contributed by atoms with Gasteiger partial charge in [-0.15, -0.1) is 0 Å². The van der Waals surface area contributed by atoms with Gasteiger partial charge in [-0.25, -0.2) is 0 Å². The average Bonchev–Trinajstić information content (AvgIpc) is 2.58. The molecule has 0 saturated carbocycles.